The summed E-state index contributed by atoms with van der Waals surface area (Å²) in [4.78, 5) is 14.6. The van der Waals surface area contributed by atoms with Gasteiger partial charge in [-0.1, -0.05) is 6.07 Å². The van der Waals surface area contributed by atoms with E-state index in [2.05, 4.69) is 15.5 Å². The van der Waals surface area contributed by atoms with Crippen LogP contribution < -0.4 is 15.4 Å². The highest BCUT2D eigenvalue weighted by atomic mass is 16.5. The summed E-state index contributed by atoms with van der Waals surface area (Å²) in [7, 11) is 1.63. The summed E-state index contributed by atoms with van der Waals surface area (Å²) in [5, 5.41) is 5.86. The number of nitrogens with one attached hydrogen (secondary N) is 2. The number of hydrogen-bond acceptors (Lipinski definition) is 4. The maximum absolute atomic E-state index is 12.2. The van der Waals surface area contributed by atoms with E-state index in [0.717, 1.165) is 55.2 Å². The van der Waals surface area contributed by atoms with Gasteiger partial charge in [0, 0.05) is 24.8 Å². The predicted molar refractivity (Wildman–Crippen MR) is 101 cm³/mol. The molecule has 1 aliphatic heterocycles. The fourth-order valence-corrected chi connectivity index (χ4v) is 3.39. The third-order valence-corrected chi connectivity index (χ3v) is 4.78. The van der Waals surface area contributed by atoms with Crippen molar-refractivity contribution in [1.29, 1.82) is 0 Å². The number of anilines is 1. The Bertz CT molecular complexity index is 715. The molecule has 140 valence electrons. The number of carbonyl (C=O) groups excluding carboxylic acids is 1. The first kappa shape index (κ1) is 18.3. The van der Waals surface area contributed by atoms with Gasteiger partial charge in [0.2, 0.25) is 0 Å². The summed E-state index contributed by atoms with van der Waals surface area (Å²) < 4.78 is 10.7. The van der Waals surface area contributed by atoms with Crippen molar-refractivity contribution < 1.29 is 13.9 Å². The standard InChI is InChI=1S/C20H27N3O3/c1-15-7-8-17(11-19(15)25-2)22-20(24)21-12-16-5-3-9-23(13-16)14-18-6-4-10-26-18/h4,6-8,10-11,16H,3,5,9,12-14H2,1-2H3,(H2,21,22,24)/t16-/m0/s1. The summed E-state index contributed by atoms with van der Waals surface area (Å²) in [6.45, 7) is 5.52. The van der Waals surface area contributed by atoms with Gasteiger partial charge in [-0.25, -0.2) is 4.79 Å². The van der Waals surface area contributed by atoms with Crippen LogP contribution in [0.3, 0.4) is 0 Å². The second-order valence-electron chi connectivity index (χ2n) is 6.84. The number of rotatable bonds is 6. The van der Waals surface area contributed by atoms with Gasteiger partial charge in [0.05, 0.1) is 19.9 Å². The van der Waals surface area contributed by atoms with Crippen molar-refractivity contribution in [3.8, 4) is 5.75 Å². The Morgan fingerprint density at radius 3 is 3.04 bits per heavy atom. The highest BCUT2D eigenvalue weighted by molar-refractivity contribution is 5.89. The third kappa shape index (κ3) is 5.02. The second-order valence-corrected chi connectivity index (χ2v) is 6.84. The lowest BCUT2D eigenvalue weighted by molar-refractivity contribution is 0.156. The van der Waals surface area contributed by atoms with Crippen LogP contribution in [0.4, 0.5) is 10.5 Å². The van der Waals surface area contributed by atoms with E-state index < -0.39 is 0 Å². The summed E-state index contributed by atoms with van der Waals surface area (Å²) in [5.74, 6) is 2.21. The normalized spacial score (nSPS) is 17.7. The van der Waals surface area contributed by atoms with E-state index in [1.807, 2.05) is 37.3 Å². The number of carbonyl (C=O) groups is 1. The van der Waals surface area contributed by atoms with Crippen LogP contribution in [-0.2, 0) is 6.54 Å². The van der Waals surface area contributed by atoms with Crippen LogP contribution in [0.1, 0.15) is 24.2 Å². The van der Waals surface area contributed by atoms with Gasteiger partial charge in [-0.3, -0.25) is 4.90 Å². The number of methoxy groups -OCH3 is 1. The van der Waals surface area contributed by atoms with Gasteiger partial charge in [-0.15, -0.1) is 0 Å². The molecule has 2 N–H and O–H groups in total. The average molecular weight is 357 g/mol. The molecule has 0 bridgehead atoms. The van der Waals surface area contributed by atoms with Gasteiger partial charge in [-0.05, 0) is 56.0 Å². The molecule has 0 radical (unpaired) electrons. The van der Waals surface area contributed by atoms with E-state index in [4.69, 9.17) is 9.15 Å². The topological polar surface area (TPSA) is 66.7 Å². The first-order valence-corrected chi connectivity index (χ1v) is 9.08. The fraction of sp³-hybridized carbons (Fsp3) is 0.450. The van der Waals surface area contributed by atoms with E-state index >= 15 is 0 Å². The molecule has 1 aliphatic rings. The number of likely N-dealkylation sites (tertiary alicyclic amines) is 1. The SMILES string of the molecule is COc1cc(NC(=O)NC[C@@H]2CCCN(Cc3ccco3)C2)ccc1C. The zero-order valence-corrected chi connectivity index (χ0v) is 15.5. The minimum Gasteiger partial charge on any atom is -0.496 e. The Morgan fingerprint density at radius 2 is 2.27 bits per heavy atom. The summed E-state index contributed by atoms with van der Waals surface area (Å²) in [6.07, 6.45) is 3.99. The molecule has 0 aliphatic carbocycles. The van der Waals surface area contributed by atoms with Crippen molar-refractivity contribution in [2.75, 3.05) is 32.1 Å². The Hall–Kier alpha value is -2.47. The largest absolute Gasteiger partial charge is 0.496 e. The maximum Gasteiger partial charge on any atom is 0.319 e. The van der Waals surface area contributed by atoms with Gasteiger partial charge in [0.25, 0.3) is 0 Å². The molecule has 2 amide bonds. The van der Waals surface area contributed by atoms with Crippen LogP contribution in [0.15, 0.2) is 41.0 Å². The zero-order chi connectivity index (χ0) is 18.4. The lowest BCUT2D eigenvalue weighted by Crippen LogP contribution is -2.41. The summed E-state index contributed by atoms with van der Waals surface area (Å²) >= 11 is 0. The van der Waals surface area contributed by atoms with E-state index in [-0.39, 0.29) is 6.03 Å². The van der Waals surface area contributed by atoms with Crippen molar-refractivity contribution in [3.05, 3.63) is 47.9 Å². The molecule has 2 heterocycles. The molecule has 1 saturated heterocycles. The maximum atomic E-state index is 12.2. The zero-order valence-electron chi connectivity index (χ0n) is 15.5. The molecular weight excluding hydrogens is 330 g/mol. The van der Waals surface area contributed by atoms with Gasteiger partial charge in [-0.2, -0.15) is 0 Å². The highest BCUT2D eigenvalue weighted by Crippen LogP contribution is 2.22. The van der Waals surface area contributed by atoms with E-state index in [1.165, 1.54) is 0 Å². The molecule has 0 spiro atoms. The van der Waals surface area contributed by atoms with E-state index in [9.17, 15) is 4.79 Å². The minimum atomic E-state index is -0.181. The monoisotopic (exact) mass is 357 g/mol. The van der Waals surface area contributed by atoms with Crippen LogP contribution in [0, 0.1) is 12.8 Å². The molecule has 6 nitrogen and oxygen atoms in total. The average Bonchev–Trinajstić information content (AvgIpc) is 3.15. The van der Waals surface area contributed by atoms with E-state index in [0.29, 0.717) is 12.5 Å². The number of furan rings is 1. The molecular formula is C20H27N3O3. The predicted octanol–water partition coefficient (Wildman–Crippen LogP) is 3.63. The van der Waals surface area contributed by atoms with Gasteiger partial charge >= 0.3 is 6.03 Å². The second kappa shape index (κ2) is 8.76. The number of piperidine rings is 1. The van der Waals surface area contributed by atoms with Gasteiger partial charge in [0.15, 0.2) is 0 Å². The number of nitrogens with zero attached hydrogens (tertiary/aromatic N) is 1. The lowest BCUT2D eigenvalue weighted by atomic mass is 9.98. The Balaban J connectivity index is 1.45. The molecule has 1 aromatic carbocycles. The van der Waals surface area contributed by atoms with Crippen molar-refractivity contribution in [2.45, 2.75) is 26.3 Å². The first-order chi connectivity index (χ1) is 12.6. The molecule has 2 aromatic rings. The molecule has 1 atom stereocenters. The van der Waals surface area contributed by atoms with E-state index in [1.54, 1.807) is 13.4 Å². The molecule has 1 fully saturated rings. The Kier molecular flexibility index (Phi) is 6.17. The van der Waals surface area contributed by atoms with Crippen LogP contribution in [-0.4, -0.2) is 37.7 Å². The number of benzene rings is 1. The fourth-order valence-electron chi connectivity index (χ4n) is 3.39. The van der Waals surface area contributed by atoms with Crippen molar-refractivity contribution in [3.63, 3.8) is 0 Å². The van der Waals surface area contributed by atoms with Crippen molar-refractivity contribution >= 4 is 11.7 Å². The molecule has 26 heavy (non-hydrogen) atoms. The van der Waals surface area contributed by atoms with Crippen LogP contribution in [0.5, 0.6) is 5.75 Å². The lowest BCUT2D eigenvalue weighted by Gasteiger charge is -2.32. The summed E-state index contributed by atoms with van der Waals surface area (Å²) in [6, 6.07) is 9.39. The third-order valence-electron chi connectivity index (χ3n) is 4.78. The quantitative estimate of drug-likeness (QED) is 0.828. The van der Waals surface area contributed by atoms with Crippen LogP contribution >= 0.6 is 0 Å². The molecule has 6 heteroatoms. The Morgan fingerprint density at radius 1 is 1.38 bits per heavy atom. The first-order valence-electron chi connectivity index (χ1n) is 9.08. The van der Waals surface area contributed by atoms with Gasteiger partial charge < -0.3 is 19.8 Å². The number of ether oxygens (including phenoxy) is 1. The number of amides is 2. The summed E-state index contributed by atoms with van der Waals surface area (Å²) in [5.41, 5.74) is 1.77. The minimum absolute atomic E-state index is 0.181. The molecule has 0 saturated carbocycles. The number of urea groups is 1. The highest BCUT2D eigenvalue weighted by Gasteiger charge is 2.21. The molecule has 0 unspecified atom stereocenters. The van der Waals surface area contributed by atoms with Crippen molar-refractivity contribution in [1.82, 2.24) is 10.2 Å². The molecule has 3 rings (SSSR count). The number of hydrogen-bond donors (Lipinski definition) is 2. The molecule has 1 aromatic heterocycles. The van der Waals surface area contributed by atoms with Crippen molar-refractivity contribution in [2.24, 2.45) is 5.92 Å². The van der Waals surface area contributed by atoms with Gasteiger partial charge in [0.1, 0.15) is 11.5 Å². The Labute approximate surface area is 154 Å². The number of aryl methyl sites for hydroxylation is 1. The van der Waals surface area contributed by atoms with Crippen LogP contribution in [0.2, 0.25) is 0 Å². The van der Waals surface area contributed by atoms with Crippen LogP contribution in [0.25, 0.3) is 0 Å². The smallest absolute Gasteiger partial charge is 0.319 e.